The summed E-state index contributed by atoms with van der Waals surface area (Å²) in [5.74, 6) is -0.0376. The second-order valence-electron chi connectivity index (χ2n) is 7.51. The van der Waals surface area contributed by atoms with Crippen LogP contribution in [0.15, 0.2) is 23.9 Å². The lowest BCUT2D eigenvalue weighted by Crippen LogP contribution is -2.28. The Bertz CT molecular complexity index is 450. The van der Waals surface area contributed by atoms with Crippen molar-refractivity contribution in [2.75, 3.05) is 20.3 Å². The van der Waals surface area contributed by atoms with Gasteiger partial charge in [0.25, 0.3) is 0 Å². The molecule has 0 amide bonds. The molecule has 0 aromatic carbocycles. The van der Waals surface area contributed by atoms with Crippen LogP contribution in [0.2, 0.25) is 0 Å². The third-order valence-electron chi connectivity index (χ3n) is 5.56. The Hall–Kier alpha value is -1.29. The molecule has 1 spiro atoms. The van der Waals surface area contributed by atoms with Crippen LogP contribution in [-0.4, -0.2) is 31.3 Å². The summed E-state index contributed by atoms with van der Waals surface area (Å²) >= 11 is 0. The maximum atomic E-state index is 10.7. The molecule has 24 heavy (non-hydrogen) atoms. The van der Waals surface area contributed by atoms with Crippen LogP contribution in [0.1, 0.15) is 64.2 Å². The van der Waals surface area contributed by atoms with Crippen molar-refractivity contribution in [3.05, 3.63) is 23.9 Å². The third kappa shape index (κ3) is 6.31. The van der Waals surface area contributed by atoms with Gasteiger partial charge in [0, 0.05) is 20.1 Å². The van der Waals surface area contributed by atoms with Crippen molar-refractivity contribution in [3.8, 4) is 0 Å². The van der Waals surface area contributed by atoms with Crippen LogP contribution in [0.25, 0.3) is 0 Å². The van der Waals surface area contributed by atoms with Crippen molar-refractivity contribution >= 4 is 5.97 Å². The summed E-state index contributed by atoms with van der Waals surface area (Å²) < 4.78 is 5.88. The standard InChI is InChI=1S/C20H33NO3/c1-21-15-17(8-9-19(22)23)7-5-13-24-16-18-6-4-12-20(14-18)10-2-3-11-20/h5,7,15,18,21H,2-4,6,8-14,16H2,1H3,(H,22,23)/b7-5-,17-15+. The van der Waals surface area contributed by atoms with E-state index >= 15 is 0 Å². The Morgan fingerprint density at radius 2 is 2.00 bits per heavy atom. The number of allylic oxidation sites excluding steroid dienone is 2. The highest BCUT2D eigenvalue weighted by Gasteiger charge is 2.38. The second kappa shape index (κ2) is 9.87. The van der Waals surface area contributed by atoms with E-state index in [2.05, 4.69) is 5.32 Å². The lowest BCUT2D eigenvalue weighted by atomic mass is 9.69. The van der Waals surface area contributed by atoms with Crippen LogP contribution < -0.4 is 5.32 Å². The van der Waals surface area contributed by atoms with E-state index in [1.807, 2.05) is 25.4 Å². The number of hydrogen-bond acceptors (Lipinski definition) is 3. The molecule has 2 aliphatic rings. The first-order valence-corrected chi connectivity index (χ1v) is 9.46. The quantitative estimate of drug-likeness (QED) is 0.488. The molecule has 2 fully saturated rings. The van der Waals surface area contributed by atoms with Gasteiger partial charge in [-0.1, -0.05) is 31.4 Å². The fourth-order valence-corrected chi connectivity index (χ4v) is 4.45. The molecule has 136 valence electrons. The molecule has 0 heterocycles. The van der Waals surface area contributed by atoms with E-state index in [1.54, 1.807) is 0 Å². The van der Waals surface area contributed by atoms with E-state index < -0.39 is 5.97 Å². The highest BCUT2D eigenvalue weighted by atomic mass is 16.5. The molecule has 2 aliphatic carbocycles. The highest BCUT2D eigenvalue weighted by Crippen LogP contribution is 2.50. The van der Waals surface area contributed by atoms with Crippen molar-refractivity contribution in [2.45, 2.75) is 64.2 Å². The molecular weight excluding hydrogens is 302 g/mol. The number of nitrogens with one attached hydrogen (secondary N) is 1. The number of carboxylic acid groups (broad SMARTS) is 1. The number of rotatable bonds is 9. The number of ether oxygens (including phenoxy) is 1. The predicted molar refractivity (Wildman–Crippen MR) is 96.8 cm³/mol. The van der Waals surface area contributed by atoms with Crippen LogP contribution in [0, 0.1) is 11.3 Å². The van der Waals surface area contributed by atoms with Gasteiger partial charge >= 0.3 is 5.97 Å². The molecule has 1 unspecified atom stereocenters. The van der Waals surface area contributed by atoms with E-state index in [9.17, 15) is 4.79 Å². The Morgan fingerprint density at radius 3 is 2.71 bits per heavy atom. The molecule has 0 aromatic heterocycles. The Morgan fingerprint density at radius 1 is 1.25 bits per heavy atom. The molecule has 1 atom stereocenters. The Labute approximate surface area is 146 Å². The molecule has 4 nitrogen and oxygen atoms in total. The fraction of sp³-hybridized carbons (Fsp3) is 0.750. The minimum Gasteiger partial charge on any atom is -0.481 e. The van der Waals surface area contributed by atoms with Gasteiger partial charge in [0.05, 0.1) is 6.61 Å². The largest absolute Gasteiger partial charge is 0.481 e. The summed E-state index contributed by atoms with van der Waals surface area (Å²) in [5.41, 5.74) is 1.65. The Kier molecular flexibility index (Phi) is 7.83. The van der Waals surface area contributed by atoms with Crippen LogP contribution >= 0.6 is 0 Å². The molecule has 2 N–H and O–H groups in total. The predicted octanol–water partition coefficient (Wildman–Crippen LogP) is 4.28. The molecule has 0 radical (unpaired) electrons. The van der Waals surface area contributed by atoms with Crippen molar-refractivity contribution in [1.82, 2.24) is 5.32 Å². The SMILES string of the molecule is CN/C=C(\C=C/COCC1CCCC2(CCCC2)C1)CCC(=O)O. The number of carboxylic acids is 1. The van der Waals surface area contributed by atoms with Gasteiger partial charge in [-0.25, -0.2) is 0 Å². The average Bonchev–Trinajstić information content (AvgIpc) is 2.99. The van der Waals surface area contributed by atoms with Gasteiger partial charge in [-0.3, -0.25) is 4.79 Å². The van der Waals surface area contributed by atoms with Gasteiger partial charge in [-0.15, -0.1) is 0 Å². The summed E-state index contributed by atoms with van der Waals surface area (Å²) in [7, 11) is 1.83. The van der Waals surface area contributed by atoms with E-state index in [0.717, 1.165) is 18.1 Å². The molecule has 0 bridgehead atoms. The zero-order chi connectivity index (χ0) is 17.3. The van der Waals surface area contributed by atoms with Crippen molar-refractivity contribution in [2.24, 2.45) is 11.3 Å². The van der Waals surface area contributed by atoms with E-state index in [-0.39, 0.29) is 6.42 Å². The van der Waals surface area contributed by atoms with Crippen molar-refractivity contribution < 1.29 is 14.6 Å². The molecule has 0 aromatic rings. The summed E-state index contributed by atoms with van der Waals surface area (Å²) in [4.78, 5) is 10.7. The van der Waals surface area contributed by atoms with Gasteiger partial charge < -0.3 is 15.2 Å². The highest BCUT2D eigenvalue weighted by molar-refractivity contribution is 5.67. The number of hydrogen-bond donors (Lipinski definition) is 2. The summed E-state index contributed by atoms with van der Waals surface area (Å²) in [6.45, 7) is 1.48. The smallest absolute Gasteiger partial charge is 0.303 e. The third-order valence-corrected chi connectivity index (χ3v) is 5.56. The molecule has 0 aliphatic heterocycles. The summed E-state index contributed by atoms with van der Waals surface area (Å²) in [5, 5.41) is 11.7. The normalized spacial score (nSPS) is 23.9. The maximum Gasteiger partial charge on any atom is 0.303 e. The number of carbonyl (C=O) groups is 1. The molecular formula is C20H33NO3. The Balaban J connectivity index is 1.67. The van der Waals surface area contributed by atoms with Gasteiger partial charge in [0.1, 0.15) is 0 Å². The molecule has 4 heteroatoms. The zero-order valence-corrected chi connectivity index (χ0v) is 15.1. The van der Waals surface area contributed by atoms with Gasteiger partial charge in [-0.2, -0.15) is 0 Å². The van der Waals surface area contributed by atoms with Crippen LogP contribution in [-0.2, 0) is 9.53 Å². The monoisotopic (exact) mass is 335 g/mol. The average molecular weight is 335 g/mol. The first-order valence-electron chi connectivity index (χ1n) is 9.46. The fourth-order valence-electron chi connectivity index (χ4n) is 4.45. The van der Waals surface area contributed by atoms with E-state index in [0.29, 0.717) is 18.4 Å². The molecule has 2 saturated carbocycles. The van der Waals surface area contributed by atoms with E-state index in [1.165, 1.54) is 51.4 Å². The minimum atomic E-state index is -0.764. The maximum absolute atomic E-state index is 10.7. The lowest BCUT2D eigenvalue weighted by Gasteiger charge is -2.38. The van der Waals surface area contributed by atoms with Gasteiger partial charge in [0.2, 0.25) is 0 Å². The van der Waals surface area contributed by atoms with Crippen molar-refractivity contribution in [1.29, 1.82) is 0 Å². The van der Waals surface area contributed by atoms with Crippen molar-refractivity contribution in [3.63, 3.8) is 0 Å². The first-order chi connectivity index (χ1) is 11.6. The topological polar surface area (TPSA) is 58.6 Å². The molecule has 0 saturated heterocycles. The lowest BCUT2D eigenvalue weighted by molar-refractivity contribution is -0.136. The summed E-state index contributed by atoms with van der Waals surface area (Å²) in [6, 6.07) is 0. The second-order valence-corrected chi connectivity index (χ2v) is 7.51. The van der Waals surface area contributed by atoms with Gasteiger partial charge in [-0.05, 0) is 61.6 Å². The number of aliphatic carboxylic acids is 1. The summed E-state index contributed by atoms with van der Waals surface area (Å²) in [6.07, 6.45) is 17.7. The van der Waals surface area contributed by atoms with E-state index in [4.69, 9.17) is 9.84 Å². The van der Waals surface area contributed by atoms with Crippen LogP contribution in [0.3, 0.4) is 0 Å². The van der Waals surface area contributed by atoms with Gasteiger partial charge in [0.15, 0.2) is 0 Å². The zero-order valence-electron chi connectivity index (χ0n) is 15.1. The van der Waals surface area contributed by atoms with Crippen LogP contribution in [0.4, 0.5) is 0 Å². The molecule has 2 rings (SSSR count). The minimum absolute atomic E-state index is 0.156. The van der Waals surface area contributed by atoms with Crippen LogP contribution in [0.5, 0.6) is 0 Å². The first kappa shape index (κ1) is 19.0.